The van der Waals surface area contributed by atoms with E-state index in [1.54, 1.807) is 11.9 Å². The van der Waals surface area contributed by atoms with Crippen molar-refractivity contribution in [1.82, 2.24) is 4.31 Å². The van der Waals surface area contributed by atoms with E-state index in [4.69, 9.17) is 0 Å². The first-order valence-corrected chi connectivity index (χ1v) is 3.50. The van der Waals surface area contributed by atoms with Crippen LogP contribution >= 0.6 is 24.6 Å². The maximum absolute atomic E-state index is 4.16. The molecule has 0 aliphatic rings. The van der Waals surface area contributed by atoms with Crippen LogP contribution in [0, 0.1) is 0 Å². The zero-order chi connectivity index (χ0) is 5.86. The van der Waals surface area contributed by atoms with Gasteiger partial charge in [0, 0.05) is 0 Å². The second-order valence-corrected chi connectivity index (χ2v) is 4.29. The molecule has 7 heavy (non-hydrogen) atoms. The van der Waals surface area contributed by atoms with Gasteiger partial charge < -0.3 is 0 Å². The minimum atomic E-state index is 0.412. The molecule has 44 valence electrons. The zero-order valence-electron chi connectivity index (χ0n) is 4.88. The summed E-state index contributed by atoms with van der Waals surface area (Å²) in [6.07, 6.45) is 0. The number of hydrogen-bond acceptors (Lipinski definition) is 3. The fourth-order valence-corrected chi connectivity index (χ4v) is 1.48. The van der Waals surface area contributed by atoms with E-state index in [1.165, 1.54) is 0 Å². The lowest BCUT2D eigenvalue weighted by atomic mass is 11.0. The molecule has 3 heteroatoms. The topological polar surface area (TPSA) is 3.24 Å². The van der Waals surface area contributed by atoms with E-state index in [1.807, 2.05) is 25.3 Å². The number of nitrogens with zero attached hydrogens (tertiary/aromatic N) is 1. The van der Waals surface area contributed by atoms with Gasteiger partial charge in [0.25, 0.3) is 0 Å². The Bertz CT molecular complexity index is 39.0. The van der Waals surface area contributed by atoms with Crippen molar-refractivity contribution in [2.24, 2.45) is 0 Å². The maximum atomic E-state index is 4.16. The van der Waals surface area contributed by atoms with Gasteiger partial charge in [-0.05, 0) is 21.0 Å². The Hall–Kier alpha value is 0.660. The lowest BCUT2D eigenvalue weighted by molar-refractivity contribution is 0.702. The van der Waals surface area contributed by atoms with E-state index in [9.17, 15) is 0 Å². The number of hydrogen-bond donors (Lipinski definition) is 1. The first kappa shape index (κ1) is 7.66. The van der Waals surface area contributed by atoms with Crippen LogP contribution in [0.1, 0.15) is 6.92 Å². The second kappa shape index (κ2) is 3.64. The molecule has 1 unspecified atom stereocenters. The summed E-state index contributed by atoms with van der Waals surface area (Å²) in [6, 6.07) is 0. The lowest BCUT2D eigenvalue weighted by Crippen LogP contribution is -2.02. The maximum Gasteiger partial charge on any atom is 0.0591 e. The highest BCUT2D eigenvalue weighted by Gasteiger charge is 1.93. The minimum Gasteiger partial charge on any atom is -0.256 e. The van der Waals surface area contributed by atoms with Crippen LogP contribution in [0.5, 0.6) is 0 Å². The van der Waals surface area contributed by atoms with E-state index in [-0.39, 0.29) is 0 Å². The van der Waals surface area contributed by atoms with Crippen LogP contribution in [0.15, 0.2) is 0 Å². The van der Waals surface area contributed by atoms with Gasteiger partial charge in [-0.3, -0.25) is 4.31 Å². The van der Waals surface area contributed by atoms with Gasteiger partial charge in [-0.15, -0.1) is 0 Å². The Morgan fingerprint density at radius 3 is 2.00 bits per heavy atom. The molecule has 0 aliphatic heterocycles. The lowest BCUT2D eigenvalue weighted by Gasteiger charge is -2.09. The summed E-state index contributed by atoms with van der Waals surface area (Å²) in [5, 5.41) is 0. The summed E-state index contributed by atoms with van der Waals surface area (Å²) in [4.78, 5) is 0. The molecule has 0 saturated carbocycles. The third kappa shape index (κ3) is 6.66. The van der Waals surface area contributed by atoms with Crippen molar-refractivity contribution in [2.45, 2.75) is 11.5 Å². The van der Waals surface area contributed by atoms with Gasteiger partial charge in [0.15, 0.2) is 0 Å². The normalized spacial score (nSPS) is 15.0. The summed E-state index contributed by atoms with van der Waals surface area (Å²) in [5.74, 6) is 0. The van der Waals surface area contributed by atoms with E-state index in [0.29, 0.717) is 4.58 Å². The Morgan fingerprint density at radius 2 is 2.00 bits per heavy atom. The van der Waals surface area contributed by atoms with E-state index in [2.05, 4.69) is 12.6 Å². The van der Waals surface area contributed by atoms with Gasteiger partial charge >= 0.3 is 0 Å². The molecule has 0 aromatic heterocycles. The van der Waals surface area contributed by atoms with Gasteiger partial charge in [0.1, 0.15) is 0 Å². The Morgan fingerprint density at radius 1 is 1.57 bits per heavy atom. The first-order valence-electron chi connectivity index (χ1n) is 2.15. The van der Waals surface area contributed by atoms with Crippen molar-refractivity contribution < 1.29 is 0 Å². The van der Waals surface area contributed by atoms with Gasteiger partial charge in [0.05, 0.1) is 4.58 Å². The van der Waals surface area contributed by atoms with E-state index in [0.717, 1.165) is 0 Å². The zero-order valence-corrected chi connectivity index (χ0v) is 6.59. The van der Waals surface area contributed by atoms with Crippen LogP contribution in [-0.2, 0) is 0 Å². The van der Waals surface area contributed by atoms with Crippen LogP contribution in [-0.4, -0.2) is 23.0 Å². The standard InChI is InChI=1S/C4H11NS2/c1-4(6)7-5(2)3/h4,6H,1-3H3. The fraction of sp³-hybridized carbons (Fsp3) is 1.00. The van der Waals surface area contributed by atoms with Gasteiger partial charge in [-0.25, -0.2) is 0 Å². The smallest absolute Gasteiger partial charge is 0.0591 e. The van der Waals surface area contributed by atoms with Gasteiger partial charge in [-0.2, -0.15) is 12.6 Å². The predicted molar refractivity (Wildman–Crippen MR) is 39.7 cm³/mol. The molecule has 0 spiro atoms. The highest BCUT2D eigenvalue weighted by molar-refractivity contribution is 8.08. The van der Waals surface area contributed by atoms with Crippen LogP contribution in [0.25, 0.3) is 0 Å². The molecule has 0 aromatic carbocycles. The molecule has 0 rings (SSSR count). The highest BCUT2D eigenvalue weighted by atomic mass is 32.2. The molecule has 0 amide bonds. The van der Waals surface area contributed by atoms with Crippen molar-refractivity contribution in [2.75, 3.05) is 14.1 Å². The highest BCUT2D eigenvalue weighted by Crippen LogP contribution is 2.14. The SMILES string of the molecule is CC(S)SN(C)C. The average Bonchev–Trinajstić information content (AvgIpc) is 1.27. The van der Waals surface area contributed by atoms with Crippen molar-refractivity contribution >= 4 is 24.6 Å². The van der Waals surface area contributed by atoms with Crippen molar-refractivity contribution in [3.8, 4) is 0 Å². The second-order valence-electron chi connectivity index (χ2n) is 1.52. The molecule has 1 nitrogen and oxygen atoms in total. The molecular formula is C4H11NS2. The molecule has 0 fully saturated rings. The number of thiol groups is 1. The van der Waals surface area contributed by atoms with Crippen LogP contribution in [0.3, 0.4) is 0 Å². The summed E-state index contributed by atoms with van der Waals surface area (Å²) in [5.41, 5.74) is 0. The van der Waals surface area contributed by atoms with Crippen molar-refractivity contribution in [3.63, 3.8) is 0 Å². The molecule has 0 radical (unpaired) electrons. The molecule has 0 aromatic rings. The molecule has 0 N–H and O–H groups in total. The van der Waals surface area contributed by atoms with E-state index < -0.39 is 0 Å². The molecule has 0 heterocycles. The summed E-state index contributed by atoms with van der Waals surface area (Å²) in [7, 11) is 4.02. The average molecular weight is 137 g/mol. The van der Waals surface area contributed by atoms with Crippen molar-refractivity contribution in [3.05, 3.63) is 0 Å². The van der Waals surface area contributed by atoms with Gasteiger partial charge in [0.2, 0.25) is 0 Å². The molecule has 0 aliphatic carbocycles. The summed E-state index contributed by atoms with van der Waals surface area (Å²) in [6.45, 7) is 2.05. The van der Waals surface area contributed by atoms with E-state index >= 15 is 0 Å². The van der Waals surface area contributed by atoms with Crippen LogP contribution in [0.4, 0.5) is 0 Å². The Labute approximate surface area is 55.0 Å². The number of rotatable bonds is 2. The first-order chi connectivity index (χ1) is 3.13. The predicted octanol–water partition coefficient (Wildman–Crippen LogP) is 1.47. The summed E-state index contributed by atoms with van der Waals surface area (Å²) >= 11 is 5.87. The monoisotopic (exact) mass is 137 g/mol. The van der Waals surface area contributed by atoms with Gasteiger partial charge in [-0.1, -0.05) is 11.9 Å². The largest absolute Gasteiger partial charge is 0.256 e. The Kier molecular flexibility index (Phi) is 3.98. The molecule has 1 atom stereocenters. The Balaban J connectivity index is 2.95. The summed E-state index contributed by atoms with van der Waals surface area (Å²) < 4.78 is 2.45. The minimum absolute atomic E-state index is 0.412. The third-order valence-corrected chi connectivity index (χ3v) is 1.37. The third-order valence-electron chi connectivity index (χ3n) is 0.363. The quantitative estimate of drug-likeness (QED) is 0.349. The van der Waals surface area contributed by atoms with Crippen molar-refractivity contribution in [1.29, 1.82) is 0 Å². The molecule has 0 bridgehead atoms. The molecular weight excluding hydrogens is 126 g/mol. The van der Waals surface area contributed by atoms with Crippen LogP contribution in [0.2, 0.25) is 0 Å². The fourth-order valence-electron chi connectivity index (χ4n) is 0.305. The molecule has 0 saturated heterocycles. The van der Waals surface area contributed by atoms with Crippen LogP contribution < -0.4 is 0 Å².